The third-order valence-electron chi connectivity index (χ3n) is 23.9. The second kappa shape index (κ2) is 36.2. The van der Waals surface area contributed by atoms with Gasteiger partial charge in [0.25, 0.3) is 0 Å². The van der Waals surface area contributed by atoms with Crippen LogP contribution in [0.4, 0.5) is 14.0 Å². The van der Waals surface area contributed by atoms with Crippen molar-refractivity contribution in [3.8, 4) is 22.3 Å². The number of oxime groups is 2. The Kier molecular flexibility index (Phi) is 25.7. The van der Waals surface area contributed by atoms with Crippen molar-refractivity contribution < 1.29 is 66.6 Å². The predicted molar refractivity (Wildman–Crippen MR) is 440 cm³/mol. The maximum Gasteiger partial charge on any atom is 0.410 e. The third-order valence-corrected chi connectivity index (χ3v) is 25.4. The van der Waals surface area contributed by atoms with Crippen molar-refractivity contribution in [2.45, 2.75) is 176 Å². The Morgan fingerprint density at radius 2 is 0.991 bits per heavy atom. The van der Waals surface area contributed by atoms with E-state index in [-0.39, 0.29) is 105 Å². The van der Waals surface area contributed by atoms with Gasteiger partial charge < -0.3 is 38.8 Å². The highest BCUT2D eigenvalue weighted by Crippen LogP contribution is 2.49. The number of fused-ring (bicyclic) bond motifs is 7. The number of carbonyl (C=O) groups is 7. The molecule has 18 nitrogen and oxygen atoms in total. The fraction of sp³-hybridized carbons (Fsp3) is 0.424. The topological polar surface area (TPSA) is 218 Å². The average Bonchev–Trinajstić information content (AvgIpc) is 1.62. The number of ether oxygens (including phenoxy) is 4. The summed E-state index contributed by atoms with van der Waals surface area (Å²) in [6.45, 7) is 4.51. The fourth-order valence-electron chi connectivity index (χ4n) is 18.1. The number of Topliss-reactive ketones (excluding diaryl/α,β-unsaturated/α-hetero) is 4. The van der Waals surface area contributed by atoms with Crippen LogP contribution in [0.3, 0.4) is 0 Å². The van der Waals surface area contributed by atoms with Crippen molar-refractivity contribution in [1.82, 2.24) is 15.1 Å². The number of nitrogens with one attached hydrogen (secondary N) is 1. The van der Waals surface area contributed by atoms with Gasteiger partial charge in [-0.25, -0.2) is 9.59 Å². The number of alkyl carbamates (subject to hydrolysis) is 1. The predicted octanol–water partition coefficient (Wildman–Crippen LogP) is 18.5. The van der Waals surface area contributed by atoms with Gasteiger partial charge >= 0.3 is 12.2 Å². The molecular weight excluding hydrogens is 1510 g/mol. The number of benzene rings is 7. The van der Waals surface area contributed by atoms with Crippen molar-refractivity contribution in [1.29, 1.82) is 0 Å². The summed E-state index contributed by atoms with van der Waals surface area (Å²) in [5, 5.41) is 16.0. The van der Waals surface area contributed by atoms with Crippen molar-refractivity contribution in [3.63, 3.8) is 0 Å². The first-order chi connectivity index (χ1) is 55.4. The van der Waals surface area contributed by atoms with Gasteiger partial charge in [-0.3, -0.25) is 33.3 Å². The standard InChI is InChI=1S/C51H52ClN3O7S.C40H43ClN2O6.CH3F/c1-3-11-33(48(60-2)46(57)22-31-20-21-31)25-45(56)44-27-51(26-43(54-62-51)32-12-10-13-35(52)23-32)30-55(44)49(58)42(24-34-29-63-47-19-9-8-14-36(34)47)53-50(59)61-28-41-39-17-6-4-15-37(39)38-16-5-7-18-40(38)41;1-3-9-27(38(47-2)37(45)18-25-16-17-25)20-36(44)35-22-40(21-34(42-49-40)26-10-8-11-28(41)19-26)24-43(35)39(46)48-23-33-31-14-6-4-12-29(31)30-13-5-7-15-32(30)33;1-2/h4-10,12-19,23,29,31,33,41-42,44,48H,3,11,20-22,24-28,30H2,1-2H3,(H,53,59);4-8,10-15,19,25,27,33,35,38H,3,9,16-18,20-24H2,1-2H3;1H3/t33-,42-,44-,48?,51+;27-,35-,38?,40+;/m00./s1. The lowest BCUT2D eigenvalue weighted by atomic mass is 9.84. The van der Waals surface area contributed by atoms with E-state index < -0.39 is 59.6 Å². The maximum atomic E-state index is 15.3. The largest absolute Gasteiger partial charge is 0.449 e. The molecule has 0 bridgehead atoms. The number of hydrogen-bond acceptors (Lipinski definition) is 16. The molecule has 8 aromatic rings. The second-order valence-electron chi connectivity index (χ2n) is 31.8. The van der Waals surface area contributed by atoms with Crippen LogP contribution < -0.4 is 5.32 Å². The SMILES string of the molecule is CCC[C@@H](CC(=O)[C@@H]1C[C@]2(CC(c3cccc(Cl)c3)=NO2)CN1C(=O)OCC1c2ccccc2-c2ccccc21)C(OC)C(=O)CC1CC1.CCC[C@@H](CC(=O)[C@@H]1C[C@]2(CC(c3cccc(Cl)c3)=NO2)CN1C(=O)[C@H](Cc1csc2ccccc12)NC(=O)OCC1c2ccccc2-c2ccccc21)C(OC)C(=O)CC1CC1.CF. The Morgan fingerprint density at radius 1 is 0.561 bits per heavy atom. The zero-order valence-electron chi connectivity index (χ0n) is 65.1. The van der Waals surface area contributed by atoms with E-state index in [2.05, 4.69) is 64.2 Å². The lowest BCUT2D eigenvalue weighted by Crippen LogP contribution is -2.53. The molecule has 114 heavy (non-hydrogen) atoms. The zero-order valence-corrected chi connectivity index (χ0v) is 67.4. The van der Waals surface area contributed by atoms with E-state index in [1.807, 2.05) is 128 Å². The van der Waals surface area contributed by atoms with Crippen LogP contribution >= 0.6 is 34.5 Å². The molecule has 9 atom stereocenters. The number of amides is 3. The highest BCUT2D eigenvalue weighted by molar-refractivity contribution is 7.17. The molecule has 8 aliphatic rings. The van der Waals surface area contributed by atoms with Gasteiger partial charge in [0.05, 0.1) is 43.8 Å². The van der Waals surface area contributed by atoms with Crippen LogP contribution in [0.15, 0.2) is 186 Å². The number of rotatable bonds is 30. The number of methoxy groups -OCH3 is 2. The molecule has 2 saturated carbocycles. The quantitative estimate of drug-likeness (QED) is 0.0443. The van der Waals surface area contributed by atoms with Crippen molar-refractivity contribution in [2.24, 2.45) is 34.0 Å². The summed E-state index contributed by atoms with van der Waals surface area (Å²) >= 11 is 14.2. The van der Waals surface area contributed by atoms with Crippen LogP contribution in [0.2, 0.25) is 10.0 Å². The summed E-state index contributed by atoms with van der Waals surface area (Å²) in [4.78, 5) is 115. The van der Waals surface area contributed by atoms with E-state index >= 15 is 4.79 Å². The number of nitrogens with zero attached hydrogens (tertiary/aromatic N) is 4. The first-order valence-corrected chi connectivity index (χ1v) is 41.6. The van der Waals surface area contributed by atoms with E-state index in [4.69, 9.17) is 51.8 Å². The molecule has 22 heteroatoms. The zero-order chi connectivity index (χ0) is 79.8. The van der Waals surface area contributed by atoms with Gasteiger partial charge in [-0.15, -0.1) is 11.3 Å². The normalized spacial score (nSPS) is 20.9. The fourth-order valence-corrected chi connectivity index (χ4v) is 19.5. The van der Waals surface area contributed by atoms with Crippen LogP contribution in [-0.2, 0) is 59.0 Å². The number of halogens is 3. The van der Waals surface area contributed by atoms with Gasteiger partial charge in [0.15, 0.2) is 34.3 Å². The van der Waals surface area contributed by atoms with Gasteiger partial charge in [-0.2, -0.15) is 0 Å². The van der Waals surface area contributed by atoms with Crippen LogP contribution in [0.25, 0.3) is 32.3 Å². The first kappa shape index (κ1) is 81.1. The number of alkyl halides is 1. The molecule has 1 aromatic heterocycles. The minimum atomic E-state index is -1.09. The van der Waals surface area contributed by atoms with Crippen LogP contribution in [0.5, 0.6) is 0 Å². The van der Waals surface area contributed by atoms with E-state index in [1.54, 1.807) is 35.5 Å². The highest BCUT2D eigenvalue weighted by Gasteiger charge is 2.57. The Hall–Kier alpha value is -9.44. The summed E-state index contributed by atoms with van der Waals surface area (Å²) in [6, 6.07) is 52.6. The molecule has 3 amide bonds. The Morgan fingerprint density at radius 3 is 1.44 bits per heavy atom. The molecule has 2 spiro atoms. The Balaban J connectivity index is 0.000000190. The van der Waals surface area contributed by atoms with Gasteiger partial charge in [0, 0.05) is 110 Å². The van der Waals surface area contributed by atoms with Crippen molar-refractivity contribution in [3.05, 3.63) is 224 Å². The second-order valence-corrected chi connectivity index (χ2v) is 33.6. The molecule has 4 aliphatic carbocycles. The van der Waals surface area contributed by atoms with Crippen LogP contribution in [-0.4, -0.2) is 152 Å². The summed E-state index contributed by atoms with van der Waals surface area (Å²) in [6.07, 6.45) is 6.90. The van der Waals surface area contributed by atoms with Crippen LogP contribution in [0.1, 0.15) is 167 Å². The third kappa shape index (κ3) is 18.0. The molecule has 7 aromatic carbocycles. The summed E-state index contributed by atoms with van der Waals surface area (Å²) in [7, 11) is 3.59. The summed E-state index contributed by atoms with van der Waals surface area (Å²) in [5.74, 6) is -0.756. The van der Waals surface area contributed by atoms with Crippen molar-refractivity contribution in [2.75, 3.05) is 47.7 Å². The van der Waals surface area contributed by atoms with Gasteiger partial charge in [0.1, 0.15) is 31.5 Å². The van der Waals surface area contributed by atoms with Crippen molar-refractivity contribution >= 4 is 97.3 Å². The van der Waals surface area contributed by atoms with E-state index in [1.165, 1.54) is 12.0 Å². The average molecular weight is 1600 g/mol. The monoisotopic (exact) mass is 1600 g/mol. The summed E-state index contributed by atoms with van der Waals surface area (Å²) in [5.41, 5.74) is 10.9. The Bertz CT molecular complexity index is 4860. The number of hydrogen-bond donors (Lipinski definition) is 1. The molecule has 596 valence electrons. The smallest absolute Gasteiger partial charge is 0.410 e. The molecule has 4 fully saturated rings. The van der Waals surface area contributed by atoms with Gasteiger partial charge in [0.2, 0.25) is 5.91 Å². The Labute approximate surface area is 679 Å². The van der Waals surface area contributed by atoms with Gasteiger partial charge in [-0.1, -0.05) is 200 Å². The number of ketones is 4. The van der Waals surface area contributed by atoms with E-state index in [9.17, 15) is 33.2 Å². The molecule has 2 saturated heterocycles. The molecule has 0 radical (unpaired) electrons. The van der Waals surface area contributed by atoms with Crippen LogP contribution in [0, 0.1) is 23.7 Å². The minimum Gasteiger partial charge on any atom is -0.449 e. The first-order valence-electron chi connectivity index (χ1n) is 40.0. The highest BCUT2D eigenvalue weighted by atomic mass is 35.5. The lowest BCUT2D eigenvalue weighted by Gasteiger charge is -2.30. The molecule has 5 heterocycles. The maximum absolute atomic E-state index is 15.3. The molecule has 4 aliphatic heterocycles. The van der Waals surface area contributed by atoms with E-state index in [0.29, 0.717) is 73.3 Å². The molecule has 16 rings (SSSR count). The number of likely N-dealkylation sites (tertiary alicyclic amines) is 2. The summed E-state index contributed by atoms with van der Waals surface area (Å²) < 4.78 is 34.3. The minimum absolute atomic E-state index is 0.0242. The number of carbonyl (C=O) groups excluding carboxylic acids is 7. The van der Waals surface area contributed by atoms with E-state index in [0.717, 1.165) is 116 Å². The lowest BCUT2D eigenvalue weighted by molar-refractivity contribution is -0.141. The molecular formula is C92H98Cl2FN5O13S. The molecule has 1 N–H and O–H groups in total. The number of thiophene rings is 1. The molecule has 2 unspecified atom stereocenters. The van der Waals surface area contributed by atoms with Gasteiger partial charge in [-0.05, 0) is 153 Å².